The van der Waals surface area contributed by atoms with E-state index >= 15 is 0 Å². The summed E-state index contributed by atoms with van der Waals surface area (Å²) in [7, 11) is 0. The summed E-state index contributed by atoms with van der Waals surface area (Å²) in [5.41, 5.74) is 5.92. The molecule has 12 nitrogen and oxygen atoms in total. The van der Waals surface area contributed by atoms with Gasteiger partial charge < -0.3 is 25.8 Å². The first-order valence-electron chi connectivity index (χ1n) is 16.6. The minimum Gasteiger partial charge on any atom is -0.456 e. The number of hydrogen-bond donors (Lipinski definition) is 3. The van der Waals surface area contributed by atoms with Gasteiger partial charge in [-0.05, 0) is 81.6 Å². The number of nitrogen functional groups attached to an aromatic ring is 1. The molecule has 0 spiro atoms. The van der Waals surface area contributed by atoms with Gasteiger partial charge in [-0.2, -0.15) is 0 Å². The number of carbonyl (C=O) groups excluding carboxylic acids is 1. The molecular weight excluding hydrogens is 641 g/mol. The second-order valence-corrected chi connectivity index (χ2v) is 12.8. The van der Waals surface area contributed by atoms with E-state index in [1.54, 1.807) is 30.5 Å². The van der Waals surface area contributed by atoms with Crippen LogP contribution in [0.25, 0.3) is 5.69 Å². The van der Waals surface area contributed by atoms with Crippen LogP contribution in [-0.2, 0) is 4.74 Å². The quantitative estimate of drug-likeness (QED) is 0.248. The fourth-order valence-electron chi connectivity index (χ4n) is 6.12. The normalized spacial score (nSPS) is 15.6. The number of piperazine rings is 1. The van der Waals surface area contributed by atoms with Crippen LogP contribution >= 0.6 is 0 Å². The van der Waals surface area contributed by atoms with Crippen molar-refractivity contribution in [3.63, 3.8) is 0 Å². The van der Waals surface area contributed by atoms with Gasteiger partial charge in [0.15, 0.2) is 0 Å². The molecule has 260 valence electrons. The number of nitrogens with two attached hydrogens (primary N) is 1. The second kappa shape index (κ2) is 14.7. The maximum Gasteiger partial charge on any atom is 0.335 e. The highest BCUT2D eigenvalue weighted by atomic mass is 19.1. The van der Waals surface area contributed by atoms with Crippen molar-refractivity contribution >= 4 is 17.4 Å². The van der Waals surface area contributed by atoms with Crippen LogP contribution in [0.5, 0.6) is 11.5 Å². The maximum atomic E-state index is 13.7. The number of nitrogens with zero attached hydrogens (tertiary/aromatic N) is 4. The van der Waals surface area contributed by atoms with Crippen molar-refractivity contribution in [1.82, 2.24) is 24.3 Å². The monoisotopic (exact) mass is 681 g/mol. The van der Waals surface area contributed by atoms with Crippen molar-refractivity contribution in [3.05, 3.63) is 104 Å². The Balaban J connectivity index is 1.26. The van der Waals surface area contributed by atoms with E-state index in [2.05, 4.69) is 46.2 Å². The van der Waals surface area contributed by atoms with Crippen molar-refractivity contribution in [2.24, 2.45) is 0 Å². The Kier molecular flexibility index (Phi) is 10.1. The fourth-order valence-corrected chi connectivity index (χ4v) is 6.12. The van der Waals surface area contributed by atoms with Crippen molar-refractivity contribution in [2.75, 3.05) is 50.4 Å². The Labute approximate surface area is 289 Å². The van der Waals surface area contributed by atoms with Gasteiger partial charge in [-0.25, -0.2) is 18.7 Å². The third kappa shape index (κ3) is 7.47. The lowest BCUT2D eigenvalue weighted by Crippen LogP contribution is -2.52. The van der Waals surface area contributed by atoms with Crippen molar-refractivity contribution in [1.29, 1.82) is 0 Å². The van der Waals surface area contributed by atoms with Gasteiger partial charge >= 0.3 is 5.69 Å². The summed E-state index contributed by atoms with van der Waals surface area (Å²) in [4.78, 5) is 47.4. The molecule has 2 aliphatic rings. The Bertz CT molecular complexity index is 2070. The molecule has 2 aliphatic heterocycles. The number of carbonyl (C=O) groups is 1. The van der Waals surface area contributed by atoms with Crippen LogP contribution in [0.15, 0.2) is 70.5 Å². The number of amides is 1. The summed E-state index contributed by atoms with van der Waals surface area (Å²) in [6, 6.07) is 11.5. The molecule has 4 N–H and O–H groups in total. The third-order valence-corrected chi connectivity index (χ3v) is 9.02. The molecule has 6 rings (SSSR count). The molecule has 0 atom stereocenters. The lowest BCUT2D eigenvalue weighted by atomic mass is 10.0. The number of nitrogens with one attached hydrogen (secondary N) is 2. The van der Waals surface area contributed by atoms with Crippen LogP contribution in [0.4, 0.5) is 15.9 Å². The third-order valence-electron chi connectivity index (χ3n) is 9.02. The molecule has 2 fully saturated rings. The molecule has 0 aliphatic carbocycles. The van der Waals surface area contributed by atoms with Gasteiger partial charge in [0.05, 0.1) is 11.2 Å². The number of rotatable bonds is 7. The van der Waals surface area contributed by atoms with Gasteiger partial charge in [0.25, 0.3) is 11.5 Å². The summed E-state index contributed by atoms with van der Waals surface area (Å²) >= 11 is 0. The van der Waals surface area contributed by atoms with Crippen molar-refractivity contribution in [2.45, 2.75) is 45.2 Å². The SMILES string of the molecule is Cc1cc(NC(=O)c2cn(C3CCOCC3)c(=O)n(-c3ccc(F)cc3)c2=O)ccc1Oc1ccnc(N)c1C#CC(C)(C)N1CCNCC1. The number of aromatic nitrogens is 3. The number of pyridine rings is 1. The molecule has 1 amide bonds. The van der Waals surface area contributed by atoms with Crippen LogP contribution < -0.4 is 32.4 Å². The molecule has 0 radical (unpaired) electrons. The van der Waals surface area contributed by atoms with Gasteiger partial charge in [0.2, 0.25) is 0 Å². The van der Waals surface area contributed by atoms with Crippen LogP contribution in [-0.4, -0.2) is 69.9 Å². The summed E-state index contributed by atoms with van der Waals surface area (Å²) < 4.78 is 27.7. The van der Waals surface area contributed by atoms with E-state index in [9.17, 15) is 18.8 Å². The summed E-state index contributed by atoms with van der Waals surface area (Å²) in [5.74, 6) is 6.54. The average Bonchev–Trinajstić information content (AvgIpc) is 3.11. The highest BCUT2D eigenvalue weighted by Gasteiger charge is 2.27. The molecule has 0 bridgehead atoms. The number of hydrogen-bond acceptors (Lipinski definition) is 9. The van der Waals surface area contributed by atoms with E-state index in [4.69, 9.17) is 15.2 Å². The Morgan fingerprint density at radius 3 is 2.50 bits per heavy atom. The van der Waals surface area contributed by atoms with E-state index in [1.807, 2.05) is 6.92 Å². The van der Waals surface area contributed by atoms with Gasteiger partial charge in [0, 0.05) is 69.6 Å². The van der Waals surface area contributed by atoms with Gasteiger partial charge in [-0.1, -0.05) is 11.8 Å². The molecule has 50 heavy (non-hydrogen) atoms. The minimum absolute atomic E-state index is 0.155. The summed E-state index contributed by atoms with van der Waals surface area (Å²) in [6.07, 6.45) is 3.93. The number of anilines is 2. The van der Waals surface area contributed by atoms with E-state index in [-0.39, 0.29) is 23.1 Å². The molecule has 2 aromatic heterocycles. The molecule has 0 saturated carbocycles. The predicted molar refractivity (Wildman–Crippen MR) is 189 cm³/mol. The van der Waals surface area contributed by atoms with Gasteiger partial charge in [0.1, 0.15) is 34.3 Å². The van der Waals surface area contributed by atoms with Crippen molar-refractivity contribution in [3.8, 4) is 29.0 Å². The summed E-state index contributed by atoms with van der Waals surface area (Å²) in [6.45, 7) is 10.4. The molecule has 4 aromatic rings. The molecule has 2 saturated heterocycles. The Morgan fingerprint density at radius 2 is 1.80 bits per heavy atom. The first-order chi connectivity index (χ1) is 24.0. The van der Waals surface area contributed by atoms with Crippen LogP contribution in [0.1, 0.15) is 54.2 Å². The lowest BCUT2D eigenvalue weighted by molar-refractivity contribution is 0.0679. The first-order valence-corrected chi connectivity index (χ1v) is 16.6. The van der Waals surface area contributed by atoms with E-state index in [0.717, 1.165) is 42.9 Å². The van der Waals surface area contributed by atoms with Crippen LogP contribution in [0, 0.1) is 24.6 Å². The second-order valence-electron chi connectivity index (χ2n) is 12.8. The molecule has 0 unspecified atom stereocenters. The maximum absolute atomic E-state index is 13.7. The zero-order chi connectivity index (χ0) is 35.4. The molecule has 2 aromatic carbocycles. The van der Waals surface area contributed by atoms with Gasteiger partial charge in [-0.15, -0.1) is 0 Å². The highest BCUT2D eigenvalue weighted by molar-refractivity contribution is 6.04. The van der Waals surface area contributed by atoms with Crippen LogP contribution in [0.2, 0.25) is 0 Å². The number of halogens is 1. The van der Waals surface area contributed by atoms with E-state index < -0.39 is 28.5 Å². The highest BCUT2D eigenvalue weighted by Crippen LogP contribution is 2.31. The minimum atomic E-state index is -0.817. The van der Waals surface area contributed by atoms with E-state index in [1.165, 1.54) is 22.9 Å². The zero-order valence-corrected chi connectivity index (χ0v) is 28.3. The topological polar surface area (TPSA) is 146 Å². The lowest BCUT2D eigenvalue weighted by Gasteiger charge is -2.37. The van der Waals surface area contributed by atoms with E-state index in [0.29, 0.717) is 54.4 Å². The fraction of sp³-hybridized carbons (Fsp3) is 0.351. The first kappa shape index (κ1) is 34.6. The standard InChI is InChI=1S/C37H40FN7O5/c1-24-22-26(6-9-31(24)50-32-11-15-41-33(39)29(32)10-14-37(2,3)43-18-16-40-17-19-43)42-34(46)30-23-44(27-12-20-49-21-13-27)36(48)45(35(30)47)28-7-4-25(38)5-8-28/h4-9,11,15,22-23,27,40H,12-13,16-21H2,1-3H3,(H2,39,41)(H,42,46). The Morgan fingerprint density at radius 1 is 1.08 bits per heavy atom. The largest absolute Gasteiger partial charge is 0.456 e. The van der Waals surface area contributed by atoms with Crippen LogP contribution in [0.3, 0.4) is 0 Å². The molecule has 13 heteroatoms. The predicted octanol–water partition coefficient (Wildman–Crippen LogP) is 3.86. The molecular formula is C37H40FN7O5. The Hall–Kier alpha value is -5.29. The molecule has 4 heterocycles. The summed E-state index contributed by atoms with van der Waals surface area (Å²) in [5, 5.41) is 6.15. The zero-order valence-electron chi connectivity index (χ0n) is 28.3. The number of ether oxygens (including phenoxy) is 2. The number of aryl methyl sites for hydroxylation is 1. The number of benzene rings is 2. The average molecular weight is 682 g/mol. The van der Waals surface area contributed by atoms with Gasteiger partial charge in [-0.3, -0.25) is 19.1 Å². The smallest absolute Gasteiger partial charge is 0.335 e. The van der Waals surface area contributed by atoms with Crippen molar-refractivity contribution < 1.29 is 18.7 Å².